The minimum Gasteiger partial charge on any atom is -0.318 e. The molecule has 1 saturated heterocycles. The predicted octanol–water partition coefficient (Wildman–Crippen LogP) is 1.01. The van der Waals surface area contributed by atoms with E-state index in [0.29, 0.717) is 0 Å². The maximum atomic E-state index is 12.5. The quantitative estimate of drug-likeness (QED) is 0.469. The highest BCUT2D eigenvalue weighted by Crippen LogP contribution is 2.30. The van der Waals surface area contributed by atoms with E-state index in [-0.39, 0.29) is 22.3 Å². The molecule has 8 nitrogen and oxygen atoms in total. The minimum absolute atomic E-state index is 0.0135. The highest BCUT2D eigenvalue weighted by Gasteiger charge is 2.31. The third-order valence-electron chi connectivity index (χ3n) is 3.42. The van der Waals surface area contributed by atoms with Gasteiger partial charge in [0.25, 0.3) is 5.69 Å². The molecule has 21 heavy (non-hydrogen) atoms. The molecule has 1 unspecified atom stereocenters. The van der Waals surface area contributed by atoms with E-state index in [2.05, 4.69) is 5.43 Å². The van der Waals surface area contributed by atoms with Crippen LogP contribution in [0.3, 0.4) is 0 Å². The first-order valence-corrected chi connectivity index (χ1v) is 8.78. The van der Waals surface area contributed by atoms with Gasteiger partial charge in [-0.05, 0) is 24.3 Å². The van der Waals surface area contributed by atoms with Gasteiger partial charge in [0.05, 0.1) is 9.82 Å². The topological polar surface area (TPSA) is 119 Å². The minimum atomic E-state index is -3.70. The van der Waals surface area contributed by atoms with Gasteiger partial charge in [0.2, 0.25) is 10.0 Å². The highest BCUT2D eigenvalue weighted by molar-refractivity contribution is 7.99. The van der Waals surface area contributed by atoms with Gasteiger partial charge in [0.15, 0.2) is 0 Å². The largest absolute Gasteiger partial charge is 0.318 e. The molecule has 10 heteroatoms. The lowest BCUT2D eigenvalue weighted by Gasteiger charge is -2.23. The number of benzene rings is 1. The maximum absolute atomic E-state index is 12.5. The van der Waals surface area contributed by atoms with Crippen LogP contribution in [-0.4, -0.2) is 42.2 Å². The summed E-state index contributed by atoms with van der Waals surface area (Å²) in [5, 5.41) is 10.8. The van der Waals surface area contributed by atoms with Crippen LogP contribution in [-0.2, 0) is 10.0 Å². The second-order valence-electron chi connectivity index (χ2n) is 4.62. The Labute approximate surface area is 126 Å². The van der Waals surface area contributed by atoms with E-state index in [9.17, 15) is 18.5 Å². The molecular formula is C11H16N4O4S2. The van der Waals surface area contributed by atoms with Crippen LogP contribution in [0.25, 0.3) is 0 Å². The number of sulfonamides is 1. The van der Waals surface area contributed by atoms with Crippen molar-refractivity contribution in [3.8, 4) is 0 Å². The van der Waals surface area contributed by atoms with Gasteiger partial charge in [-0.2, -0.15) is 16.1 Å². The molecule has 0 aromatic heterocycles. The Bertz CT molecular complexity index is 644. The molecule has 0 radical (unpaired) electrons. The monoisotopic (exact) mass is 332 g/mol. The molecule has 1 aliphatic rings. The fraction of sp³-hybridized carbons (Fsp3) is 0.455. The fourth-order valence-electron chi connectivity index (χ4n) is 2.12. The van der Waals surface area contributed by atoms with Crippen LogP contribution in [0, 0.1) is 10.1 Å². The van der Waals surface area contributed by atoms with Gasteiger partial charge in [-0.25, -0.2) is 8.42 Å². The molecule has 2 rings (SSSR count). The van der Waals surface area contributed by atoms with E-state index in [1.165, 1.54) is 23.5 Å². The molecule has 1 atom stereocenters. The fourth-order valence-corrected chi connectivity index (χ4v) is 4.90. The van der Waals surface area contributed by atoms with Crippen LogP contribution in [0.4, 0.5) is 11.4 Å². The lowest BCUT2D eigenvalue weighted by molar-refractivity contribution is -0.384. The molecule has 1 fully saturated rings. The zero-order valence-corrected chi connectivity index (χ0v) is 13.0. The number of hydrogen-bond donors (Lipinski definition) is 2. The van der Waals surface area contributed by atoms with Gasteiger partial charge in [-0.1, -0.05) is 0 Å². The van der Waals surface area contributed by atoms with Gasteiger partial charge in [-0.15, -0.1) is 0 Å². The van der Waals surface area contributed by atoms with E-state index < -0.39 is 14.9 Å². The maximum Gasteiger partial charge on any atom is 0.293 e. The first-order chi connectivity index (χ1) is 9.87. The lowest BCUT2D eigenvalue weighted by atomic mass is 10.3. The molecule has 0 saturated carbocycles. The van der Waals surface area contributed by atoms with Crippen molar-refractivity contribution in [2.24, 2.45) is 5.84 Å². The summed E-state index contributed by atoms with van der Waals surface area (Å²) in [6, 6.07) is 3.50. The van der Waals surface area contributed by atoms with Crippen LogP contribution in [0.5, 0.6) is 0 Å². The van der Waals surface area contributed by atoms with Crippen molar-refractivity contribution < 1.29 is 13.3 Å². The number of nitrogens with two attached hydrogens (primary N) is 1. The molecular weight excluding hydrogens is 316 g/mol. The van der Waals surface area contributed by atoms with E-state index in [1.807, 2.05) is 0 Å². The Morgan fingerprint density at radius 3 is 2.76 bits per heavy atom. The zero-order valence-electron chi connectivity index (χ0n) is 11.4. The number of nitrogens with one attached hydrogen (secondary N) is 1. The number of thioether (sulfide) groups is 1. The highest BCUT2D eigenvalue weighted by atomic mass is 32.2. The number of nitro groups is 1. The summed E-state index contributed by atoms with van der Waals surface area (Å²) < 4.78 is 26.4. The van der Waals surface area contributed by atoms with Crippen LogP contribution in [0.15, 0.2) is 23.1 Å². The molecule has 1 aromatic carbocycles. The van der Waals surface area contributed by atoms with Crippen molar-refractivity contribution in [3.63, 3.8) is 0 Å². The number of nitro benzene ring substituents is 1. The smallest absolute Gasteiger partial charge is 0.293 e. The standard InChI is InChI=1S/C11H16N4O4S2/c1-14(8-4-5-20-7-8)21(18,19)9-2-3-11(15(16)17)10(6-9)13-12/h2-3,6,8,13H,4-5,7,12H2,1H3. The van der Waals surface area contributed by atoms with E-state index >= 15 is 0 Å². The first kappa shape index (κ1) is 16.0. The summed E-state index contributed by atoms with van der Waals surface area (Å²) >= 11 is 1.71. The van der Waals surface area contributed by atoms with Crippen LogP contribution >= 0.6 is 11.8 Å². The number of hydrazine groups is 1. The SMILES string of the molecule is CN(C1CCSC1)S(=O)(=O)c1ccc([N+](=O)[O-])c(NN)c1. The average Bonchev–Trinajstić information content (AvgIpc) is 2.99. The third kappa shape index (κ3) is 3.12. The van der Waals surface area contributed by atoms with E-state index in [0.717, 1.165) is 24.0 Å². The Morgan fingerprint density at radius 2 is 2.24 bits per heavy atom. The van der Waals surface area contributed by atoms with E-state index in [4.69, 9.17) is 5.84 Å². The molecule has 0 spiro atoms. The summed E-state index contributed by atoms with van der Waals surface area (Å²) in [5.74, 6) is 6.92. The second-order valence-corrected chi connectivity index (χ2v) is 7.77. The predicted molar refractivity (Wildman–Crippen MR) is 81.6 cm³/mol. The lowest BCUT2D eigenvalue weighted by Crippen LogP contribution is -2.37. The van der Waals surface area contributed by atoms with Crippen molar-refractivity contribution in [2.45, 2.75) is 17.4 Å². The van der Waals surface area contributed by atoms with Crippen molar-refractivity contribution in [1.29, 1.82) is 0 Å². The van der Waals surface area contributed by atoms with Crippen LogP contribution in [0.2, 0.25) is 0 Å². The van der Waals surface area contributed by atoms with Gasteiger partial charge < -0.3 is 5.43 Å². The molecule has 1 aliphatic heterocycles. The summed E-state index contributed by atoms with van der Waals surface area (Å²) in [6.45, 7) is 0. The number of nitrogen functional groups attached to an aromatic ring is 1. The Balaban J connectivity index is 2.38. The number of nitrogens with zero attached hydrogens (tertiary/aromatic N) is 2. The van der Waals surface area contributed by atoms with Crippen molar-refractivity contribution in [1.82, 2.24) is 4.31 Å². The number of anilines is 1. The van der Waals surface area contributed by atoms with Crippen molar-refractivity contribution in [2.75, 3.05) is 24.0 Å². The normalized spacial score (nSPS) is 18.9. The van der Waals surface area contributed by atoms with Crippen molar-refractivity contribution >= 4 is 33.2 Å². The van der Waals surface area contributed by atoms with Gasteiger partial charge in [0, 0.05) is 24.9 Å². The van der Waals surface area contributed by atoms with Crippen LogP contribution in [0.1, 0.15) is 6.42 Å². The van der Waals surface area contributed by atoms with Gasteiger partial charge in [-0.3, -0.25) is 16.0 Å². The second kappa shape index (κ2) is 6.18. The number of hydrogen-bond acceptors (Lipinski definition) is 7. The number of rotatable bonds is 5. The molecule has 0 amide bonds. The molecule has 116 valence electrons. The molecule has 0 bridgehead atoms. The summed E-state index contributed by atoms with van der Waals surface area (Å²) in [6.07, 6.45) is 0.801. The summed E-state index contributed by atoms with van der Waals surface area (Å²) in [4.78, 5) is 10.2. The first-order valence-electron chi connectivity index (χ1n) is 6.18. The zero-order chi connectivity index (χ0) is 15.6. The Morgan fingerprint density at radius 1 is 1.52 bits per heavy atom. The average molecular weight is 332 g/mol. The Hall–Kier alpha value is -1.36. The van der Waals surface area contributed by atoms with Crippen LogP contribution < -0.4 is 11.3 Å². The molecule has 1 aromatic rings. The van der Waals surface area contributed by atoms with Gasteiger partial charge in [0.1, 0.15) is 5.69 Å². The third-order valence-corrected chi connectivity index (χ3v) is 6.47. The molecule has 0 aliphatic carbocycles. The summed E-state index contributed by atoms with van der Waals surface area (Å²) in [5.41, 5.74) is 1.87. The van der Waals surface area contributed by atoms with E-state index in [1.54, 1.807) is 11.8 Å². The molecule has 3 N–H and O–H groups in total. The summed E-state index contributed by atoms with van der Waals surface area (Å²) in [7, 11) is -2.17. The van der Waals surface area contributed by atoms with Crippen molar-refractivity contribution in [3.05, 3.63) is 28.3 Å². The Kier molecular flexibility index (Phi) is 4.71. The molecule has 1 heterocycles. The van der Waals surface area contributed by atoms with Gasteiger partial charge >= 0.3 is 0 Å².